The average Bonchev–Trinajstić information content (AvgIpc) is 2.83. The van der Waals surface area contributed by atoms with E-state index in [1.807, 2.05) is 0 Å². The Labute approximate surface area is 126 Å². The standard InChI is InChI=1S/C16H14FN3O2/c1-9-15(12-7-10(17)3-5-13(12)19-9)16(21)20-11-4-6-14(22-2)18-8-11/h3-8,19H,1-2H3,(H,20,21). The third kappa shape index (κ3) is 2.50. The third-order valence-electron chi connectivity index (χ3n) is 3.38. The zero-order chi connectivity index (χ0) is 15.7. The first-order valence-electron chi connectivity index (χ1n) is 6.67. The van der Waals surface area contributed by atoms with Crippen LogP contribution in [0.4, 0.5) is 10.1 Å². The molecule has 2 heterocycles. The van der Waals surface area contributed by atoms with E-state index in [-0.39, 0.29) is 11.7 Å². The lowest BCUT2D eigenvalue weighted by Crippen LogP contribution is -2.13. The van der Waals surface area contributed by atoms with Crippen LogP contribution in [0, 0.1) is 12.7 Å². The molecule has 0 saturated heterocycles. The number of aryl methyl sites for hydroxylation is 1. The number of rotatable bonds is 3. The molecule has 2 aromatic heterocycles. The van der Waals surface area contributed by atoms with Crippen LogP contribution >= 0.6 is 0 Å². The Hall–Kier alpha value is -2.89. The number of nitrogens with zero attached hydrogens (tertiary/aromatic N) is 1. The molecular formula is C16H14FN3O2. The van der Waals surface area contributed by atoms with Gasteiger partial charge in [0.05, 0.1) is 24.6 Å². The van der Waals surface area contributed by atoms with Crippen LogP contribution in [0.25, 0.3) is 10.9 Å². The zero-order valence-corrected chi connectivity index (χ0v) is 12.1. The van der Waals surface area contributed by atoms with Gasteiger partial charge in [-0.25, -0.2) is 9.37 Å². The molecular weight excluding hydrogens is 285 g/mol. The molecule has 1 aromatic carbocycles. The molecule has 5 nitrogen and oxygen atoms in total. The maximum absolute atomic E-state index is 13.4. The van der Waals surface area contributed by atoms with Gasteiger partial charge in [-0.2, -0.15) is 0 Å². The van der Waals surface area contributed by atoms with Crippen molar-refractivity contribution in [2.24, 2.45) is 0 Å². The van der Waals surface area contributed by atoms with E-state index >= 15 is 0 Å². The summed E-state index contributed by atoms with van der Waals surface area (Å²) in [5.74, 6) is -0.240. The van der Waals surface area contributed by atoms with E-state index < -0.39 is 0 Å². The summed E-state index contributed by atoms with van der Waals surface area (Å²) in [7, 11) is 1.52. The number of amides is 1. The number of fused-ring (bicyclic) bond motifs is 1. The summed E-state index contributed by atoms with van der Waals surface area (Å²) < 4.78 is 18.4. The van der Waals surface area contributed by atoms with Crippen molar-refractivity contribution in [2.45, 2.75) is 6.92 Å². The van der Waals surface area contributed by atoms with E-state index in [2.05, 4.69) is 15.3 Å². The number of benzene rings is 1. The van der Waals surface area contributed by atoms with Crippen molar-refractivity contribution in [2.75, 3.05) is 12.4 Å². The van der Waals surface area contributed by atoms with Crippen LogP contribution in [0.3, 0.4) is 0 Å². The highest BCUT2D eigenvalue weighted by Gasteiger charge is 2.16. The van der Waals surface area contributed by atoms with Crippen LogP contribution in [0.5, 0.6) is 5.88 Å². The Bertz CT molecular complexity index is 840. The average molecular weight is 299 g/mol. The summed E-state index contributed by atoms with van der Waals surface area (Å²) in [6, 6.07) is 7.66. The lowest BCUT2D eigenvalue weighted by Gasteiger charge is -2.06. The molecule has 0 spiro atoms. The lowest BCUT2D eigenvalue weighted by atomic mass is 10.1. The molecule has 0 radical (unpaired) electrons. The van der Waals surface area contributed by atoms with Crippen molar-refractivity contribution in [3.05, 3.63) is 53.6 Å². The molecule has 0 fully saturated rings. The van der Waals surface area contributed by atoms with Crippen molar-refractivity contribution in [3.63, 3.8) is 0 Å². The van der Waals surface area contributed by atoms with Gasteiger partial charge in [-0.15, -0.1) is 0 Å². The van der Waals surface area contributed by atoms with Crippen molar-refractivity contribution in [3.8, 4) is 5.88 Å². The Morgan fingerprint density at radius 3 is 2.82 bits per heavy atom. The maximum Gasteiger partial charge on any atom is 0.258 e. The molecule has 0 saturated carbocycles. The lowest BCUT2D eigenvalue weighted by molar-refractivity contribution is 0.102. The second-order valence-corrected chi connectivity index (χ2v) is 4.86. The number of halogens is 1. The molecule has 6 heteroatoms. The molecule has 22 heavy (non-hydrogen) atoms. The van der Waals surface area contributed by atoms with Crippen LogP contribution in [0.2, 0.25) is 0 Å². The van der Waals surface area contributed by atoms with E-state index in [0.717, 1.165) is 5.52 Å². The number of ether oxygens (including phenoxy) is 1. The Morgan fingerprint density at radius 1 is 1.32 bits per heavy atom. The van der Waals surface area contributed by atoms with Crippen LogP contribution in [0.15, 0.2) is 36.5 Å². The van der Waals surface area contributed by atoms with Crippen molar-refractivity contribution in [1.82, 2.24) is 9.97 Å². The van der Waals surface area contributed by atoms with Crippen molar-refractivity contribution < 1.29 is 13.9 Å². The number of H-pyrrole nitrogens is 1. The fourth-order valence-corrected chi connectivity index (χ4v) is 2.36. The SMILES string of the molecule is COc1ccc(NC(=O)c2c(C)[nH]c3ccc(F)cc23)cn1. The van der Waals surface area contributed by atoms with Gasteiger partial charge in [0.1, 0.15) is 5.82 Å². The largest absolute Gasteiger partial charge is 0.481 e. The second-order valence-electron chi connectivity index (χ2n) is 4.86. The molecule has 2 N–H and O–H groups in total. The van der Waals surface area contributed by atoms with E-state index in [1.54, 1.807) is 25.1 Å². The van der Waals surface area contributed by atoms with Gasteiger partial charge < -0.3 is 15.0 Å². The normalized spacial score (nSPS) is 10.7. The quantitative estimate of drug-likeness (QED) is 0.780. The maximum atomic E-state index is 13.4. The summed E-state index contributed by atoms with van der Waals surface area (Å²) >= 11 is 0. The van der Waals surface area contributed by atoms with Crippen LogP contribution in [-0.4, -0.2) is 23.0 Å². The predicted octanol–water partition coefficient (Wildman–Crippen LogP) is 3.27. The zero-order valence-electron chi connectivity index (χ0n) is 12.1. The molecule has 0 aliphatic carbocycles. The summed E-state index contributed by atoms with van der Waals surface area (Å²) in [5.41, 5.74) is 2.36. The number of nitrogens with one attached hydrogen (secondary N) is 2. The van der Waals surface area contributed by atoms with Crippen LogP contribution in [0.1, 0.15) is 16.1 Å². The van der Waals surface area contributed by atoms with Gasteiger partial charge in [-0.05, 0) is 31.2 Å². The monoisotopic (exact) mass is 299 g/mol. The van der Waals surface area contributed by atoms with Gasteiger partial charge in [0.15, 0.2) is 0 Å². The first-order valence-corrected chi connectivity index (χ1v) is 6.67. The third-order valence-corrected chi connectivity index (χ3v) is 3.38. The number of pyridine rings is 1. The number of anilines is 1. The highest BCUT2D eigenvalue weighted by atomic mass is 19.1. The van der Waals surface area contributed by atoms with Crippen LogP contribution < -0.4 is 10.1 Å². The van der Waals surface area contributed by atoms with Crippen molar-refractivity contribution >= 4 is 22.5 Å². The second kappa shape index (κ2) is 5.48. The van der Waals surface area contributed by atoms with Crippen LogP contribution in [-0.2, 0) is 0 Å². The highest BCUT2D eigenvalue weighted by molar-refractivity contribution is 6.13. The highest BCUT2D eigenvalue weighted by Crippen LogP contribution is 2.24. The number of hydrogen-bond acceptors (Lipinski definition) is 3. The van der Waals surface area contributed by atoms with Gasteiger partial charge in [0.2, 0.25) is 5.88 Å². The molecule has 0 unspecified atom stereocenters. The fourth-order valence-electron chi connectivity index (χ4n) is 2.36. The summed E-state index contributed by atoms with van der Waals surface area (Å²) in [6.07, 6.45) is 1.50. The Balaban J connectivity index is 1.94. The number of hydrogen-bond donors (Lipinski definition) is 2. The van der Waals surface area contributed by atoms with Gasteiger partial charge in [0.25, 0.3) is 5.91 Å². The first-order chi connectivity index (χ1) is 10.6. The summed E-state index contributed by atoms with van der Waals surface area (Å²) in [6.45, 7) is 1.78. The van der Waals surface area contributed by atoms with E-state index in [1.165, 1.54) is 25.4 Å². The van der Waals surface area contributed by atoms with Gasteiger partial charge in [-0.3, -0.25) is 4.79 Å². The van der Waals surface area contributed by atoms with Gasteiger partial charge >= 0.3 is 0 Å². The minimum Gasteiger partial charge on any atom is -0.481 e. The fraction of sp³-hybridized carbons (Fsp3) is 0.125. The predicted molar refractivity (Wildman–Crippen MR) is 81.7 cm³/mol. The molecule has 0 aliphatic heterocycles. The Morgan fingerprint density at radius 2 is 2.14 bits per heavy atom. The van der Waals surface area contributed by atoms with E-state index in [9.17, 15) is 9.18 Å². The number of aromatic nitrogens is 2. The molecule has 0 aliphatic rings. The number of methoxy groups -OCH3 is 1. The molecule has 1 amide bonds. The summed E-state index contributed by atoms with van der Waals surface area (Å²) in [5, 5.41) is 3.30. The van der Waals surface area contributed by atoms with Gasteiger partial charge in [0, 0.05) is 22.7 Å². The number of aromatic amines is 1. The van der Waals surface area contributed by atoms with E-state index in [4.69, 9.17) is 4.74 Å². The van der Waals surface area contributed by atoms with Crippen molar-refractivity contribution in [1.29, 1.82) is 0 Å². The molecule has 112 valence electrons. The summed E-state index contributed by atoms with van der Waals surface area (Å²) in [4.78, 5) is 19.6. The molecule has 0 atom stereocenters. The minimum absolute atomic E-state index is 0.318. The molecule has 3 rings (SSSR count). The Kier molecular flexibility index (Phi) is 3.50. The number of carbonyl (C=O) groups is 1. The topological polar surface area (TPSA) is 67.0 Å². The smallest absolute Gasteiger partial charge is 0.258 e. The van der Waals surface area contributed by atoms with Gasteiger partial charge in [-0.1, -0.05) is 0 Å². The molecule has 0 bridgehead atoms. The van der Waals surface area contributed by atoms with E-state index in [0.29, 0.717) is 28.2 Å². The minimum atomic E-state index is -0.383. The molecule has 3 aromatic rings. The first kappa shape index (κ1) is 14.1. The number of carbonyl (C=O) groups excluding carboxylic acids is 1.